The first-order valence-electron chi connectivity index (χ1n) is 5.84. The summed E-state index contributed by atoms with van der Waals surface area (Å²) in [6.07, 6.45) is 2.50. The van der Waals surface area contributed by atoms with Gasteiger partial charge in [0.15, 0.2) is 0 Å². The molecule has 0 aromatic rings. The van der Waals surface area contributed by atoms with Crippen LogP contribution < -0.4 is 5.32 Å². The highest BCUT2D eigenvalue weighted by molar-refractivity contribution is 5.75. The van der Waals surface area contributed by atoms with E-state index in [0.29, 0.717) is 6.54 Å². The number of carbonyl (C=O) groups is 1. The van der Waals surface area contributed by atoms with Crippen LogP contribution in [-0.4, -0.2) is 48.7 Å². The van der Waals surface area contributed by atoms with Crippen molar-refractivity contribution >= 4 is 5.91 Å². The Morgan fingerprint density at radius 3 is 2.27 bits per heavy atom. The van der Waals surface area contributed by atoms with Gasteiger partial charge in [-0.3, -0.25) is 4.79 Å². The summed E-state index contributed by atoms with van der Waals surface area (Å²) >= 11 is 0. The first-order valence-corrected chi connectivity index (χ1v) is 5.84. The van der Waals surface area contributed by atoms with Gasteiger partial charge in [0.1, 0.15) is 0 Å². The summed E-state index contributed by atoms with van der Waals surface area (Å²) in [6, 6.07) is 0. The van der Waals surface area contributed by atoms with Gasteiger partial charge in [-0.1, -0.05) is 13.8 Å². The highest BCUT2D eigenvalue weighted by Gasteiger charge is 2.03. The number of aliphatic hydroxyl groups excluding tert-OH is 1. The minimum atomic E-state index is -0.0700. The Bertz CT molecular complexity index is 157. The second-order valence-corrected chi connectivity index (χ2v) is 3.67. The third-order valence-corrected chi connectivity index (χ3v) is 2.17. The van der Waals surface area contributed by atoms with Crippen LogP contribution in [-0.2, 0) is 4.79 Å². The zero-order chi connectivity index (χ0) is 11.5. The van der Waals surface area contributed by atoms with Crippen LogP contribution in [0.4, 0.5) is 0 Å². The molecule has 0 atom stereocenters. The Balaban J connectivity index is 3.55. The van der Waals surface area contributed by atoms with Crippen LogP contribution in [0.5, 0.6) is 0 Å². The molecule has 1 amide bonds. The largest absolute Gasteiger partial charge is 0.396 e. The number of hydrogen-bond acceptors (Lipinski definition) is 3. The maximum Gasteiger partial charge on any atom is 0.222 e. The van der Waals surface area contributed by atoms with Gasteiger partial charge in [0.2, 0.25) is 5.91 Å². The lowest BCUT2D eigenvalue weighted by molar-refractivity contribution is -0.121. The second kappa shape index (κ2) is 9.93. The van der Waals surface area contributed by atoms with Crippen molar-refractivity contribution in [2.45, 2.75) is 33.1 Å². The molecule has 0 spiro atoms. The fourth-order valence-electron chi connectivity index (χ4n) is 1.51. The van der Waals surface area contributed by atoms with Crippen molar-refractivity contribution in [2.75, 3.05) is 32.8 Å². The SMILES string of the molecule is CCCN(CCC)CCNC(=O)CCO. The molecule has 0 aliphatic carbocycles. The summed E-state index contributed by atoms with van der Waals surface area (Å²) in [4.78, 5) is 13.4. The molecule has 0 aromatic carbocycles. The van der Waals surface area contributed by atoms with Gasteiger partial charge in [-0.05, 0) is 25.9 Å². The van der Waals surface area contributed by atoms with Crippen molar-refractivity contribution in [1.29, 1.82) is 0 Å². The predicted molar refractivity (Wildman–Crippen MR) is 61.7 cm³/mol. The molecular weight excluding hydrogens is 192 g/mol. The second-order valence-electron chi connectivity index (χ2n) is 3.67. The molecule has 0 bridgehead atoms. The summed E-state index contributed by atoms with van der Waals surface area (Å²) in [5.74, 6) is -0.0644. The summed E-state index contributed by atoms with van der Waals surface area (Å²) in [7, 11) is 0. The smallest absolute Gasteiger partial charge is 0.222 e. The molecule has 90 valence electrons. The number of nitrogens with one attached hydrogen (secondary N) is 1. The normalized spacial score (nSPS) is 10.7. The first kappa shape index (κ1) is 14.4. The van der Waals surface area contributed by atoms with E-state index >= 15 is 0 Å². The molecule has 0 unspecified atom stereocenters. The number of rotatable bonds is 9. The Hall–Kier alpha value is -0.610. The van der Waals surface area contributed by atoms with E-state index in [1.54, 1.807) is 0 Å². The fraction of sp³-hybridized carbons (Fsp3) is 0.909. The number of nitrogens with zero attached hydrogens (tertiary/aromatic N) is 1. The van der Waals surface area contributed by atoms with E-state index in [-0.39, 0.29) is 18.9 Å². The van der Waals surface area contributed by atoms with Gasteiger partial charge in [0.25, 0.3) is 0 Å². The van der Waals surface area contributed by atoms with Gasteiger partial charge in [-0.2, -0.15) is 0 Å². The van der Waals surface area contributed by atoms with Crippen LogP contribution in [0.15, 0.2) is 0 Å². The number of aliphatic hydroxyl groups is 1. The summed E-state index contributed by atoms with van der Waals surface area (Å²) in [5, 5.41) is 11.3. The van der Waals surface area contributed by atoms with Gasteiger partial charge in [-0.25, -0.2) is 0 Å². The zero-order valence-corrected chi connectivity index (χ0v) is 9.96. The maximum absolute atomic E-state index is 11.1. The lowest BCUT2D eigenvalue weighted by atomic mass is 10.3. The lowest BCUT2D eigenvalue weighted by Gasteiger charge is -2.20. The maximum atomic E-state index is 11.1. The topological polar surface area (TPSA) is 52.6 Å². The van der Waals surface area contributed by atoms with Crippen molar-refractivity contribution in [3.05, 3.63) is 0 Å². The summed E-state index contributed by atoms with van der Waals surface area (Å²) < 4.78 is 0. The molecule has 4 nitrogen and oxygen atoms in total. The van der Waals surface area contributed by atoms with Gasteiger partial charge >= 0.3 is 0 Å². The van der Waals surface area contributed by atoms with Crippen molar-refractivity contribution in [3.8, 4) is 0 Å². The van der Waals surface area contributed by atoms with Crippen LogP contribution in [0.2, 0.25) is 0 Å². The van der Waals surface area contributed by atoms with Crippen LogP contribution in [0.3, 0.4) is 0 Å². The van der Waals surface area contributed by atoms with Crippen LogP contribution in [0, 0.1) is 0 Å². The molecule has 0 radical (unpaired) electrons. The average Bonchev–Trinajstić information content (AvgIpc) is 2.19. The van der Waals surface area contributed by atoms with Crippen LogP contribution in [0.25, 0.3) is 0 Å². The molecule has 0 rings (SSSR count). The molecule has 0 saturated carbocycles. The van der Waals surface area contributed by atoms with Gasteiger partial charge < -0.3 is 15.3 Å². The molecule has 0 aliphatic rings. The van der Waals surface area contributed by atoms with Crippen molar-refractivity contribution in [2.24, 2.45) is 0 Å². The number of hydrogen-bond donors (Lipinski definition) is 2. The van der Waals surface area contributed by atoms with E-state index in [0.717, 1.165) is 32.5 Å². The Morgan fingerprint density at radius 1 is 1.20 bits per heavy atom. The van der Waals surface area contributed by atoms with E-state index in [4.69, 9.17) is 5.11 Å². The van der Waals surface area contributed by atoms with E-state index < -0.39 is 0 Å². The van der Waals surface area contributed by atoms with Crippen molar-refractivity contribution in [3.63, 3.8) is 0 Å². The third-order valence-electron chi connectivity index (χ3n) is 2.17. The van der Waals surface area contributed by atoms with Gasteiger partial charge in [0.05, 0.1) is 6.61 Å². The monoisotopic (exact) mass is 216 g/mol. The highest BCUT2D eigenvalue weighted by atomic mass is 16.3. The Labute approximate surface area is 92.7 Å². The fourth-order valence-corrected chi connectivity index (χ4v) is 1.51. The van der Waals surface area contributed by atoms with E-state index in [1.807, 2.05) is 0 Å². The van der Waals surface area contributed by atoms with Gasteiger partial charge in [0, 0.05) is 19.5 Å². The molecule has 2 N–H and O–H groups in total. The molecule has 0 saturated heterocycles. The Kier molecular flexibility index (Phi) is 9.52. The molecule has 4 heteroatoms. The zero-order valence-electron chi connectivity index (χ0n) is 9.96. The van der Waals surface area contributed by atoms with Crippen LogP contribution in [0.1, 0.15) is 33.1 Å². The molecule has 15 heavy (non-hydrogen) atoms. The average molecular weight is 216 g/mol. The van der Waals surface area contributed by atoms with E-state index in [1.165, 1.54) is 0 Å². The molecule has 0 heterocycles. The molecule has 0 aliphatic heterocycles. The van der Waals surface area contributed by atoms with E-state index in [2.05, 4.69) is 24.1 Å². The third kappa shape index (κ3) is 8.39. The van der Waals surface area contributed by atoms with Crippen LogP contribution >= 0.6 is 0 Å². The quantitative estimate of drug-likeness (QED) is 0.593. The minimum Gasteiger partial charge on any atom is -0.396 e. The minimum absolute atomic E-state index is 0.0644. The summed E-state index contributed by atoms with van der Waals surface area (Å²) in [5.41, 5.74) is 0. The standard InChI is InChI=1S/C11H24N2O2/c1-3-7-13(8-4-2)9-6-12-11(15)5-10-14/h14H,3-10H2,1-2H3,(H,12,15). The van der Waals surface area contributed by atoms with Gasteiger partial charge in [-0.15, -0.1) is 0 Å². The lowest BCUT2D eigenvalue weighted by Crippen LogP contribution is -2.36. The first-order chi connectivity index (χ1) is 7.24. The highest BCUT2D eigenvalue weighted by Crippen LogP contribution is 1.92. The van der Waals surface area contributed by atoms with E-state index in [9.17, 15) is 4.79 Å². The number of carbonyl (C=O) groups excluding carboxylic acids is 1. The number of amides is 1. The van der Waals surface area contributed by atoms with Crippen molar-refractivity contribution < 1.29 is 9.90 Å². The Morgan fingerprint density at radius 2 is 1.80 bits per heavy atom. The molecule has 0 aromatic heterocycles. The predicted octanol–water partition coefficient (Wildman–Crippen LogP) is 0.607. The summed E-state index contributed by atoms with van der Waals surface area (Å²) in [6.45, 7) is 8.00. The molecule has 0 fully saturated rings. The van der Waals surface area contributed by atoms with Crippen molar-refractivity contribution in [1.82, 2.24) is 10.2 Å². The molecular formula is C11H24N2O2.